The molecule has 4 aliphatic rings. The Bertz CT molecular complexity index is 618. The summed E-state index contributed by atoms with van der Waals surface area (Å²) in [5.41, 5.74) is 2.89. The maximum absolute atomic E-state index is 11.0. The zero-order valence-corrected chi connectivity index (χ0v) is 14.2. The molecule has 0 spiro atoms. The lowest BCUT2D eigenvalue weighted by Gasteiger charge is -2.65. The van der Waals surface area contributed by atoms with E-state index >= 15 is 0 Å². The predicted molar refractivity (Wildman–Crippen MR) is 90.4 cm³/mol. The number of carboxylic acids is 1. The summed E-state index contributed by atoms with van der Waals surface area (Å²) in [5.74, 6) is 0.0366. The summed E-state index contributed by atoms with van der Waals surface area (Å²) in [7, 11) is 0. The van der Waals surface area contributed by atoms with Crippen LogP contribution in [0.15, 0.2) is 24.3 Å². The number of benzene rings is 1. The van der Waals surface area contributed by atoms with Gasteiger partial charge in [-0.3, -0.25) is 0 Å². The van der Waals surface area contributed by atoms with Crippen molar-refractivity contribution in [1.29, 1.82) is 0 Å². The van der Waals surface area contributed by atoms with Gasteiger partial charge in [-0.05, 0) is 73.0 Å². The van der Waals surface area contributed by atoms with E-state index in [4.69, 9.17) is 5.11 Å². The second kappa shape index (κ2) is 4.83. The monoisotopic (exact) mass is 313 g/mol. The second-order valence-corrected chi connectivity index (χ2v) is 9.27. The van der Waals surface area contributed by atoms with E-state index in [0.717, 1.165) is 12.5 Å². The van der Waals surface area contributed by atoms with Gasteiger partial charge in [0.2, 0.25) is 0 Å². The van der Waals surface area contributed by atoms with Gasteiger partial charge in [-0.2, -0.15) is 0 Å². The Balaban J connectivity index is 1.49. The fourth-order valence-corrected chi connectivity index (χ4v) is 6.70. The van der Waals surface area contributed by atoms with Crippen LogP contribution in [0.4, 0.5) is 0 Å². The van der Waals surface area contributed by atoms with Crippen LogP contribution in [0.5, 0.6) is 0 Å². The second-order valence-electron chi connectivity index (χ2n) is 9.27. The molecule has 4 aliphatic carbocycles. The molecule has 0 amide bonds. The van der Waals surface area contributed by atoms with Gasteiger partial charge in [0, 0.05) is 12.1 Å². The van der Waals surface area contributed by atoms with Gasteiger partial charge in [0.15, 0.2) is 0 Å². The molecule has 4 bridgehead atoms. The van der Waals surface area contributed by atoms with Gasteiger partial charge in [0.1, 0.15) is 0 Å². The topological polar surface area (TPSA) is 49.3 Å². The van der Waals surface area contributed by atoms with E-state index in [-0.39, 0.29) is 0 Å². The first-order valence-electron chi connectivity index (χ1n) is 8.86. The highest BCUT2D eigenvalue weighted by Gasteiger charge is 2.59. The molecule has 0 unspecified atom stereocenters. The summed E-state index contributed by atoms with van der Waals surface area (Å²) in [5, 5.41) is 12.9. The normalized spacial score (nSPS) is 41.2. The standard InChI is InChI=1S/C20H27NO2/c1-18-7-15-8-19(2,11-18)13-20(9-15,12-18)21-10-14-3-5-16(6-4-14)17(22)23/h3-6,15,21H,7-13H2,1-2H3,(H,22,23)/t15?,18-,19-,20?/m0/s1. The average molecular weight is 313 g/mol. The lowest BCUT2D eigenvalue weighted by Crippen LogP contribution is -2.63. The molecule has 5 rings (SSSR count). The van der Waals surface area contributed by atoms with Gasteiger partial charge in [0.25, 0.3) is 0 Å². The first kappa shape index (κ1) is 15.2. The Kier molecular flexibility index (Phi) is 3.19. The third-order valence-electron chi connectivity index (χ3n) is 6.49. The quantitative estimate of drug-likeness (QED) is 0.875. The van der Waals surface area contributed by atoms with Crippen LogP contribution in [0, 0.1) is 16.7 Å². The largest absolute Gasteiger partial charge is 0.478 e. The smallest absolute Gasteiger partial charge is 0.335 e. The Morgan fingerprint density at radius 1 is 1.09 bits per heavy atom. The fourth-order valence-electron chi connectivity index (χ4n) is 6.70. The lowest BCUT2D eigenvalue weighted by molar-refractivity contribution is -0.118. The van der Waals surface area contributed by atoms with Crippen LogP contribution in [0.2, 0.25) is 0 Å². The number of rotatable bonds is 4. The van der Waals surface area contributed by atoms with Crippen LogP contribution in [-0.4, -0.2) is 16.6 Å². The van der Waals surface area contributed by atoms with E-state index in [1.807, 2.05) is 12.1 Å². The first-order valence-corrected chi connectivity index (χ1v) is 8.86. The van der Waals surface area contributed by atoms with Gasteiger partial charge in [-0.25, -0.2) is 4.79 Å². The molecule has 0 saturated heterocycles. The highest BCUT2D eigenvalue weighted by Crippen LogP contribution is 2.66. The summed E-state index contributed by atoms with van der Waals surface area (Å²) in [6.07, 6.45) is 8.16. The van der Waals surface area contributed by atoms with E-state index in [1.165, 1.54) is 44.1 Å². The summed E-state index contributed by atoms with van der Waals surface area (Å²) in [6, 6.07) is 7.31. The molecule has 3 nitrogen and oxygen atoms in total. The fraction of sp³-hybridized carbons (Fsp3) is 0.650. The van der Waals surface area contributed by atoms with Crippen LogP contribution >= 0.6 is 0 Å². The molecule has 4 fully saturated rings. The van der Waals surface area contributed by atoms with E-state index in [2.05, 4.69) is 19.2 Å². The zero-order chi connectivity index (χ0) is 16.3. The molecule has 3 heteroatoms. The van der Waals surface area contributed by atoms with Crippen molar-refractivity contribution in [1.82, 2.24) is 5.32 Å². The Morgan fingerprint density at radius 2 is 1.70 bits per heavy atom. The summed E-state index contributed by atoms with van der Waals surface area (Å²) in [6.45, 7) is 5.83. The van der Waals surface area contributed by atoms with E-state index in [1.54, 1.807) is 12.1 Å². The Hall–Kier alpha value is -1.35. The van der Waals surface area contributed by atoms with Crippen molar-refractivity contribution >= 4 is 5.97 Å². The van der Waals surface area contributed by atoms with Crippen molar-refractivity contribution in [3.05, 3.63) is 35.4 Å². The van der Waals surface area contributed by atoms with Crippen LogP contribution in [0.3, 0.4) is 0 Å². The molecular formula is C20H27NO2. The third-order valence-corrected chi connectivity index (χ3v) is 6.49. The van der Waals surface area contributed by atoms with Crippen LogP contribution in [0.25, 0.3) is 0 Å². The minimum absolute atomic E-state index is 0.300. The molecule has 0 radical (unpaired) electrons. The number of aromatic carboxylic acids is 1. The van der Waals surface area contributed by atoms with Crippen LogP contribution in [0.1, 0.15) is 68.3 Å². The van der Waals surface area contributed by atoms with Crippen molar-refractivity contribution in [3.63, 3.8) is 0 Å². The molecule has 23 heavy (non-hydrogen) atoms. The van der Waals surface area contributed by atoms with E-state index in [0.29, 0.717) is 21.9 Å². The molecule has 4 saturated carbocycles. The Morgan fingerprint density at radius 3 is 2.22 bits per heavy atom. The minimum atomic E-state index is -0.855. The summed E-state index contributed by atoms with van der Waals surface area (Å²) < 4.78 is 0. The van der Waals surface area contributed by atoms with Crippen molar-refractivity contribution < 1.29 is 9.90 Å². The van der Waals surface area contributed by atoms with Crippen LogP contribution < -0.4 is 5.32 Å². The number of nitrogens with one attached hydrogen (secondary N) is 1. The van der Waals surface area contributed by atoms with Gasteiger partial charge in [-0.15, -0.1) is 0 Å². The van der Waals surface area contributed by atoms with Crippen molar-refractivity contribution in [2.45, 2.75) is 64.5 Å². The number of hydrogen-bond donors (Lipinski definition) is 2. The molecule has 2 atom stereocenters. The molecule has 0 aromatic heterocycles. The molecule has 124 valence electrons. The van der Waals surface area contributed by atoms with E-state index in [9.17, 15) is 4.79 Å². The highest BCUT2D eigenvalue weighted by molar-refractivity contribution is 5.87. The lowest BCUT2D eigenvalue weighted by atomic mass is 9.43. The minimum Gasteiger partial charge on any atom is -0.478 e. The average Bonchev–Trinajstić information content (AvgIpc) is 2.42. The first-order chi connectivity index (χ1) is 10.8. The number of carboxylic acid groups (broad SMARTS) is 1. The molecule has 2 N–H and O–H groups in total. The van der Waals surface area contributed by atoms with Crippen molar-refractivity contribution in [2.75, 3.05) is 0 Å². The van der Waals surface area contributed by atoms with Crippen molar-refractivity contribution in [2.24, 2.45) is 16.7 Å². The zero-order valence-electron chi connectivity index (χ0n) is 14.2. The van der Waals surface area contributed by atoms with Gasteiger partial charge < -0.3 is 10.4 Å². The summed E-state index contributed by atoms with van der Waals surface area (Å²) >= 11 is 0. The molecule has 0 aliphatic heterocycles. The highest BCUT2D eigenvalue weighted by atomic mass is 16.4. The molecular weight excluding hydrogens is 286 g/mol. The maximum Gasteiger partial charge on any atom is 0.335 e. The number of hydrogen-bond acceptors (Lipinski definition) is 2. The van der Waals surface area contributed by atoms with Crippen LogP contribution in [-0.2, 0) is 6.54 Å². The molecule has 0 heterocycles. The Labute approximate surface area is 138 Å². The summed E-state index contributed by atoms with van der Waals surface area (Å²) in [4.78, 5) is 11.0. The predicted octanol–water partition coefficient (Wildman–Crippen LogP) is 4.22. The van der Waals surface area contributed by atoms with Gasteiger partial charge in [0.05, 0.1) is 5.56 Å². The molecule has 1 aromatic carbocycles. The maximum atomic E-state index is 11.0. The van der Waals surface area contributed by atoms with E-state index < -0.39 is 5.97 Å². The van der Waals surface area contributed by atoms with Gasteiger partial charge in [-0.1, -0.05) is 26.0 Å². The third kappa shape index (κ3) is 2.69. The molecule has 1 aromatic rings. The van der Waals surface area contributed by atoms with Gasteiger partial charge >= 0.3 is 5.97 Å². The number of carbonyl (C=O) groups is 1. The SMILES string of the molecule is C[C@@]12CC3CC(NCc4ccc(C(=O)O)cc4)(C1)C[C@@](C)(C3)C2. The van der Waals surface area contributed by atoms with Crippen molar-refractivity contribution in [3.8, 4) is 0 Å².